The quantitative estimate of drug-likeness (QED) is 0.772. The maximum Gasteiger partial charge on any atom is 0.269 e. The SMILES string of the molecule is CNC(=O)c1cc(OC2CC2)c(C(N)=O)cn1. The molecule has 1 heterocycles. The van der Waals surface area contributed by atoms with Crippen molar-refractivity contribution in [1.82, 2.24) is 10.3 Å². The summed E-state index contributed by atoms with van der Waals surface area (Å²) in [5.41, 5.74) is 5.61. The van der Waals surface area contributed by atoms with Crippen molar-refractivity contribution in [2.45, 2.75) is 18.9 Å². The van der Waals surface area contributed by atoms with Crippen LogP contribution in [0.25, 0.3) is 0 Å². The smallest absolute Gasteiger partial charge is 0.269 e. The molecule has 2 amide bonds. The lowest BCUT2D eigenvalue weighted by Gasteiger charge is -2.09. The minimum Gasteiger partial charge on any atom is -0.489 e. The van der Waals surface area contributed by atoms with Crippen LogP contribution in [0.3, 0.4) is 0 Å². The van der Waals surface area contributed by atoms with E-state index in [1.165, 1.54) is 19.3 Å². The Balaban J connectivity index is 2.34. The molecule has 1 aromatic rings. The second kappa shape index (κ2) is 4.40. The lowest BCUT2D eigenvalue weighted by atomic mass is 10.2. The Morgan fingerprint density at radius 1 is 1.53 bits per heavy atom. The summed E-state index contributed by atoms with van der Waals surface area (Å²) in [7, 11) is 1.51. The number of nitrogens with zero attached hydrogens (tertiary/aromatic N) is 1. The minimum atomic E-state index is -0.614. The highest BCUT2D eigenvalue weighted by Gasteiger charge is 2.26. The Labute approximate surface area is 98.2 Å². The van der Waals surface area contributed by atoms with E-state index in [4.69, 9.17) is 10.5 Å². The molecule has 1 aromatic heterocycles. The fourth-order valence-corrected chi connectivity index (χ4v) is 1.34. The fraction of sp³-hybridized carbons (Fsp3) is 0.364. The standard InChI is InChI=1S/C11H13N3O3/c1-13-11(16)8-4-9(17-6-2-3-6)7(5-14-8)10(12)15/h4-6H,2-3H2,1H3,(H2,12,15)(H,13,16). The van der Waals surface area contributed by atoms with Crippen LogP contribution >= 0.6 is 0 Å². The topological polar surface area (TPSA) is 94.3 Å². The predicted octanol–water partition coefficient (Wildman–Crippen LogP) is 0.0813. The first-order valence-corrected chi connectivity index (χ1v) is 5.30. The van der Waals surface area contributed by atoms with E-state index in [0.717, 1.165) is 12.8 Å². The number of nitrogens with one attached hydrogen (secondary N) is 1. The zero-order valence-electron chi connectivity index (χ0n) is 9.40. The van der Waals surface area contributed by atoms with Crippen molar-refractivity contribution in [1.29, 1.82) is 0 Å². The number of rotatable bonds is 4. The number of nitrogens with two attached hydrogens (primary N) is 1. The first-order chi connectivity index (χ1) is 8.11. The molecule has 0 atom stereocenters. The summed E-state index contributed by atoms with van der Waals surface area (Å²) in [6.07, 6.45) is 3.30. The molecule has 0 saturated heterocycles. The van der Waals surface area contributed by atoms with Gasteiger partial charge in [-0.2, -0.15) is 0 Å². The molecule has 1 saturated carbocycles. The number of hydrogen-bond acceptors (Lipinski definition) is 4. The Bertz CT molecular complexity index is 469. The molecule has 3 N–H and O–H groups in total. The molecule has 90 valence electrons. The zero-order valence-corrected chi connectivity index (χ0v) is 9.40. The maximum atomic E-state index is 11.4. The summed E-state index contributed by atoms with van der Waals surface area (Å²) in [6, 6.07) is 1.44. The second-order valence-corrected chi connectivity index (χ2v) is 3.83. The van der Waals surface area contributed by atoms with Gasteiger partial charge in [0.2, 0.25) is 0 Å². The van der Waals surface area contributed by atoms with E-state index in [2.05, 4.69) is 10.3 Å². The number of amides is 2. The van der Waals surface area contributed by atoms with Gasteiger partial charge in [0.05, 0.1) is 11.7 Å². The number of ether oxygens (including phenoxy) is 1. The summed E-state index contributed by atoms with van der Waals surface area (Å²) in [4.78, 5) is 26.4. The van der Waals surface area contributed by atoms with Crippen LogP contribution in [0.15, 0.2) is 12.3 Å². The summed E-state index contributed by atoms with van der Waals surface area (Å²) < 4.78 is 5.53. The zero-order chi connectivity index (χ0) is 12.4. The Morgan fingerprint density at radius 2 is 2.24 bits per heavy atom. The monoisotopic (exact) mass is 235 g/mol. The van der Waals surface area contributed by atoms with Crippen LogP contribution in [-0.4, -0.2) is 29.9 Å². The largest absolute Gasteiger partial charge is 0.489 e. The van der Waals surface area contributed by atoms with Gasteiger partial charge in [0.15, 0.2) is 0 Å². The highest BCUT2D eigenvalue weighted by Crippen LogP contribution is 2.29. The normalized spacial score (nSPS) is 14.2. The minimum absolute atomic E-state index is 0.119. The van der Waals surface area contributed by atoms with Gasteiger partial charge in [-0.15, -0.1) is 0 Å². The molecule has 6 heteroatoms. The number of aromatic nitrogens is 1. The van der Waals surface area contributed by atoms with Crippen molar-refractivity contribution in [2.24, 2.45) is 5.73 Å². The number of carbonyl (C=O) groups excluding carboxylic acids is 2. The van der Waals surface area contributed by atoms with E-state index in [9.17, 15) is 9.59 Å². The summed E-state index contributed by atoms with van der Waals surface area (Å²) in [6.45, 7) is 0. The fourth-order valence-electron chi connectivity index (χ4n) is 1.34. The van der Waals surface area contributed by atoms with Crippen LogP contribution in [0.2, 0.25) is 0 Å². The molecule has 0 bridgehead atoms. The van der Waals surface area contributed by atoms with Crippen LogP contribution < -0.4 is 15.8 Å². The van der Waals surface area contributed by atoms with Crippen LogP contribution in [-0.2, 0) is 0 Å². The van der Waals surface area contributed by atoms with Gasteiger partial charge in [-0.05, 0) is 12.8 Å². The lowest BCUT2D eigenvalue weighted by molar-refractivity contribution is 0.0952. The molecule has 17 heavy (non-hydrogen) atoms. The van der Waals surface area contributed by atoms with E-state index in [0.29, 0.717) is 5.75 Å². The maximum absolute atomic E-state index is 11.4. The van der Waals surface area contributed by atoms with Crippen LogP contribution in [0.4, 0.5) is 0 Å². The van der Waals surface area contributed by atoms with E-state index >= 15 is 0 Å². The highest BCUT2D eigenvalue weighted by atomic mass is 16.5. The first kappa shape index (κ1) is 11.4. The number of carbonyl (C=O) groups is 2. The van der Waals surface area contributed by atoms with Gasteiger partial charge in [0, 0.05) is 19.3 Å². The molecule has 1 fully saturated rings. The summed E-state index contributed by atoms with van der Waals surface area (Å²) in [5, 5.41) is 2.45. The Hall–Kier alpha value is -2.11. The number of primary amides is 1. The van der Waals surface area contributed by atoms with Gasteiger partial charge in [0.25, 0.3) is 11.8 Å². The molecule has 2 rings (SSSR count). The molecule has 0 unspecified atom stereocenters. The highest BCUT2D eigenvalue weighted by molar-refractivity contribution is 5.97. The third-order valence-electron chi connectivity index (χ3n) is 2.41. The molecular formula is C11H13N3O3. The van der Waals surface area contributed by atoms with E-state index in [1.807, 2.05) is 0 Å². The van der Waals surface area contributed by atoms with E-state index in [-0.39, 0.29) is 23.3 Å². The molecule has 0 radical (unpaired) electrons. The molecule has 1 aliphatic carbocycles. The van der Waals surface area contributed by atoms with E-state index < -0.39 is 5.91 Å². The van der Waals surface area contributed by atoms with Crippen LogP contribution in [0.5, 0.6) is 5.75 Å². The van der Waals surface area contributed by atoms with Gasteiger partial charge in [0.1, 0.15) is 11.4 Å². The van der Waals surface area contributed by atoms with Gasteiger partial charge in [-0.3, -0.25) is 9.59 Å². The Morgan fingerprint density at radius 3 is 2.76 bits per heavy atom. The van der Waals surface area contributed by atoms with Gasteiger partial charge in [-0.25, -0.2) is 4.98 Å². The number of hydrogen-bond donors (Lipinski definition) is 2. The molecule has 0 aromatic carbocycles. The number of pyridine rings is 1. The third-order valence-corrected chi connectivity index (χ3v) is 2.41. The van der Waals surface area contributed by atoms with Crippen molar-refractivity contribution < 1.29 is 14.3 Å². The molecule has 1 aliphatic rings. The molecule has 6 nitrogen and oxygen atoms in total. The third kappa shape index (κ3) is 2.52. The predicted molar refractivity (Wildman–Crippen MR) is 59.8 cm³/mol. The molecular weight excluding hydrogens is 222 g/mol. The summed E-state index contributed by atoms with van der Waals surface area (Å²) >= 11 is 0. The second-order valence-electron chi connectivity index (χ2n) is 3.83. The first-order valence-electron chi connectivity index (χ1n) is 5.30. The van der Waals surface area contributed by atoms with Crippen molar-refractivity contribution in [3.8, 4) is 5.75 Å². The van der Waals surface area contributed by atoms with Crippen molar-refractivity contribution >= 4 is 11.8 Å². The average molecular weight is 235 g/mol. The van der Waals surface area contributed by atoms with Crippen molar-refractivity contribution in [2.75, 3.05) is 7.05 Å². The van der Waals surface area contributed by atoms with Crippen molar-refractivity contribution in [3.05, 3.63) is 23.5 Å². The van der Waals surface area contributed by atoms with E-state index in [1.54, 1.807) is 0 Å². The van der Waals surface area contributed by atoms with Gasteiger partial charge < -0.3 is 15.8 Å². The van der Waals surface area contributed by atoms with Gasteiger partial charge >= 0.3 is 0 Å². The van der Waals surface area contributed by atoms with Gasteiger partial charge in [-0.1, -0.05) is 0 Å². The average Bonchev–Trinajstić information content (AvgIpc) is 3.11. The molecule has 0 spiro atoms. The lowest BCUT2D eigenvalue weighted by Crippen LogP contribution is -2.21. The summed E-state index contributed by atoms with van der Waals surface area (Å²) in [5.74, 6) is -0.619. The molecule has 0 aliphatic heterocycles. The Kier molecular flexibility index (Phi) is 2.95. The van der Waals surface area contributed by atoms with Crippen molar-refractivity contribution in [3.63, 3.8) is 0 Å². The van der Waals surface area contributed by atoms with Crippen LogP contribution in [0.1, 0.15) is 33.7 Å². The van der Waals surface area contributed by atoms with Crippen LogP contribution in [0, 0.1) is 0 Å².